The lowest BCUT2D eigenvalue weighted by atomic mass is 10.1. The van der Waals surface area contributed by atoms with Gasteiger partial charge in [-0.1, -0.05) is 12.1 Å². The number of carbonyl (C=O) groups is 3. The summed E-state index contributed by atoms with van der Waals surface area (Å²) in [6.45, 7) is 0. The van der Waals surface area contributed by atoms with Crippen LogP contribution in [0.15, 0.2) is 24.3 Å². The van der Waals surface area contributed by atoms with Gasteiger partial charge >= 0.3 is 12.1 Å². The van der Waals surface area contributed by atoms with E-state index in [4.69, 9.17) is 4.84 Å². The molecule has 1 aromatic rings. The molecule has 1 saturated heterocycles. The zero-order chi connectivity index (χ0) is 16.8. The molecule has 2 fully saturated rings. The van der Waals surface area contributed by atoms with E-state index < -0.39 is 35.4 Å². The fourth-order valence-electron chi connectivity index (χ4n) is 2.56. The van der Waals surface area contributed by atoms with Crippen molar-refractivity contribution < 1.29 is 32.4 Å². The van der Waals surface area contributed by atoms with E-state index in [9.17, 15) is 27.6 Å². The zero-order valence-electron chi connectivity index (χ0n) is 11.8. The Bertz CT molecular complexity index is 652. The van der Waals surface area contributed by atoms with Crippen molar-refractivity contribution in [2.75, 3.05) is 0 Å². The summed E-state index contributed by atoms with van der Waals surface area (Å²) in [5, 5.41) is 0.477. The second-order valence-corrected chi connectivity index (χ2v) is 5.56. The molecule has 1 aromatic carbocycles. The van der Waals surface area contributed by atoms with E-state index in [1.54, 1.807) is 0 Å². The Balaban J connectivity index is 1.62. The molecule has 1 heterocycles. The molecule has 8 heteroatoms. The molecular weight excluding hydrogens is 315 g/mol. The predicted octanol–water partition coefficient (Wildman–Crippen LogP) is 2.42. The number of hydrogen-bond donors (Lipinski definition) is 0. The molecule has 2 aliphatic rings. The van der Waals surface area contributed by atoms with Gasteiger partial charge in [-0.3, -0.25) is 9.59 Å². The number of hydroxylamine groups is 2. The highest BCUT2D eigenvalue weighted by Crippen LogP contribution is 2.48. The summed E-state index contributed by atoms with van der Waals surface area (Å²) in [6.07, 6.45) is -3.96. The number of halogens is 3. The van der Waals surface area contributed by atoms with E-state index in [0.29, 0.717) is 17.0 Å². The van der Waals surface area contributed by atoms with Crippen molar-refractivity contribution in [2.24, 2.45) is 5.92 Å². The van der Waals surface area contributed by atoms with Crippen LogP contribution in [0.25, 0.3) is 0 Å². The lowest BCUT2D eigenvalue weighted by Gasteiger charge is -2.12. The van der Waals surface area contributed by atoms with Crippen LogP contribution in [0.5, 0.6) is 0 Å². The van der Waals surface area contributed by atoms with Crippen LogP contribution in [0.1, 0.15) is 36.3 Å². The second-order valence-electron chi connectivity index (χ2n) is 5.56. The lowest BCUT2D eigenvalue weighted by Crippen LogP contribution is -2.32. The van der Waals surface area contributed by atoms with E-state index in [0.717, 1.165) is 12.1 Å². The molecule has 0 spiro atoms. The van der Waals surface area contributed by atoms with Gasteiger partial charge < -0.3 is 4.84 Å². The van der Waals surface area contributed by atoms with E-state index >= 15 is 0 Å². The van der Waals surface area contributed by atoms with Crippen molar-refractivity contribution in [1.29, 1.82) is 0 Å². The number of imide groups is 1. The van der Waals surface area contributed by atoms with Crippen molar-refractivity contribution in [2.45, 2.75) is 31.4 Å². The first-order chi connectivity index (χ1) is 10.8. The molecule has 3 rings (SSSR count). The molecule has 0 N–H and O–H groups in total. The molecule has 0 bridgehead atoms. The molecule has 5 nitrogen and oxygen atoms in total. The maximum Gasteiger partial charge on any atom is 0.416 e. The maximum absolute atomic E-state index is 12.5. The number of hydrogen-bond acceptors (Lipinski definition) is 4. The van der Waals surface area contributed by atoms with Crippen molar-refractivity contribution in [1.82, 2.24) is 5.06 Å². The molecule has 122 valence electrons. The molecule has 0 unspecified atom stereocenters. The highest BCUT2D eigenvalue weighted by Gasteiger charge is 2.47. The smallest absolute Gasteiger partial charge is 0.330 e. The standard InChI is InChI=1S/C15H12F3NO4/c16-15(17,18)9-3-1-8(2-4-9)10-7-11(10)14(22)23-19-12(20)5-6-13(19)21/h1-4,10-11H,5-7H2/t10-,11+/m0/s1. The van der Waals surface area contributed by atoms with Crippen LogP contribution in [0.2, 0.25) is 0 Å². The van der Waals surface area contributed by atoms with Crippen molar-refractivity contribution in [3.63, 3.8) is 0 Å². The van der Waals surface area contributed by atoms with E-state index in [1.165, 1.54) is 12.1 Å². The first-order valence-electron chi connectivity index (χ1n) is 7.02. The summed E-state index contributed by atoms with van der Waals surface area (Å²) >= 11 is 0. The predicted molar refractivity (Wildman–Crippen MR) is 69.5 cm³/mol. The van der Waals surface area contributed by atoms with Crippen LogP contribution in [0.4, 0.5) is 13.2 Å². The number of alkyl halides is 3. The van der Waals surface area contributed by atoms with Gasteiger partial charge in [0.2, 0.25) is 0 Å². The molecule has 1 aliphatic carbocycles. The van der Waals surface area contributed by atoms with Crippen molar-refractivity contribution >= 4 is 17.8 Å². The van der Waals surface area contributed by atoms with Crippen LogP contribution >= 0.6 is 0 Å². The third-order valence-electron chi connectivity index (χ3n) is 3.95. The number of nitrogens with zero attached hydrogens (tertiary/aromatic N) is 1. The van der Waals surface area contributed by atoms with Gasteiger partial charge in [0.05, 0.1) is 11.5 Å². The molecular formula is C15H12F3NO4. The van der Waals surface area contributed by atoms with Gasteiger partial charge in [-0.05, 0) is 30.0 Å². The third-order valence-corrected chi connectivity index (χ3v) is 3.95. The molecule has 2 amide bonds. The van der Waals surface area contributed by atoms with E-state index in [2.05, 4.69) is 0 Å². The second kappa shape index (κ2) is 5.36. The Morgan fingerprint density at radius 3 is 2.17 bits per heavy atom. The minimum atomic E-state index is -4.41. The first-order valence-corrected chi connectivity index (χ1v) is 7.02. The lowest BCUT2D eigenvalue weighted by molar-refractivity contribution is -0.198. The topological polar surface area (TPSA) is 63.7 Å². The highest BCUT2D eigenvalue weighted by atomic mass is 19.4. The molecule has 0 aromatic heterocycles. The van der Waals surface area contributed by atoms with Crippen LogP contribution in [0, 0.1) is 5.92 Å². The Kier molecular flexibility index (Phi) is 3.62. The van der Waals surface area contributed by atoms with Gasteiger partial charge in [0.15, 0.2) is 0 Å². The van der Waals surface area contributed by atoms with Crippen LogP contribution < -0.4 is 0 Å². The van der Waals surface area contributed by atoms with Gasteiger partial charge in [0.1, 0.15) is 0 Å². The van der Waals surface area contributed by atoms with Gasteiger partial charge in [-0.25, -0.2) is 4.79 Å². The molecule has 23 heavy (non-hydrogen) atoms. The van der Waals surface area contributed by atoms with Gasteiger partial charge in [-0.15, -0.1) is 5.06 Å². The largest absolute Gasteiger partial charge is 0.416 e. The number of benzene rings is 1. The Morgan fingerprint density at radius 2 is 1.65 bits per heavy atom. The number of amides is 2. The SMILES string of the molecule is O=C(ON1C(=O)CCC1=O)[C@@H]1C[C@H]1c1ccc(C(F)(F)F)cc1. The van der Waals surface area contributed by atoms with Crippen molar-refractivity contribution in [3.05, 3.63) is 35.4 Å². The fraction of sp³-hybridized carbons (Fsp3) is 0.400. The van der Waals surface area contributed by atoms with Gasteiger partial charge in [0, 0.05) is 12.8 Å². The normalized spacial score (nSPS) is 24.0. The van der Waals surface area contributed by atoms with Gasteiger partial charge in [0.25, 0.3) is 11.8 Å². The summed E-state index contributed by atoms with van der Waals surface area (Å²) in [7, 11) is 0. The summed E-state index contributed by atoms with van der Waals surface area (Å²) in [5.74, 6) is -2.63. The Labute approximate surface area is 129 Å². The van der Waals surface area contributed by atoms with Crippen LogP contribution in [0.3, 0.4) is 0 Å². The Morgan fingerprint density at radius 1 is 1.09 bits per heavy atom. The van der Waals surface area contributed by atoms with Crippen LogP contribution in [-0.4, -0.2) is 22.8 Å². The van der Waals surface area contributed by atoms with E-state index in [-0.39, 0.29) is 18.8 Å². The van der Waals surface area contributed by atoms with Gasteiger partial charge in [-0.2, -0.15) is 13.2 Å². The quantitative estimate of drug-likeness (QED) is 0.800. The molecule has 1 saturated carbocycles. The number of rotatable bonds is 3. The summed E-state index contributed by atoms with van der Waals surface area (Å²) in [6, 6.07) is 4.58. The van der Waals surface area contributed by atoms with Crippen LogP contribution in [-0.2, 0) is 25.4 Å². The monoisotopic (exact) mass is 327 g/mol. The summed E-state index contributed by atoms with van der Waals surface area (Å²) < 4.78 is 37.5. The minimum absolute atomic E-state index is 0.0130. The van der Waals surface area contributed by atoms with E-state index in [1.807, 2.05) is 0 Å². The minimum Gasteiger partial charge on any atom is -0.330 e. The highest BCUT2D eigenvalue weighted by molar-refractivity contribution is 6.01. The average Bonchev–Trinajstić information content (AvgIpc) is 3.24. The maximum atomic E-state index is 12.5. The molecule has 0 radical (unpaired) electrons. The van der Waals surface area contributed by atoms with Crippen molar-refractivity contribution in [3.8, 4) is 0 Å². The zero-order valence-corrected chi connectivity index (χ0v) is 11.8. The summed E-state index contributed by atoms with van der Waals surface area (Å²) in [5.41, 5.74) is -0.159. The number of carbonyl (C=O) groups excluding carboxylic acids is 3. The fourth-order valence-corrected chi connectivity index (χ4v) is 2.56. The summed E-state index contributed by atoms with van der Waals surface area (Å²) in [4.78, 5) is 39.5. The first kappa shape index (κ1) is 15.5. The Hall–Kier alpha value is -2.38. The third kappa shape index (κ3) is 3.06. The average molecular weight is 327 g/mol. The molecule has 1 aliphatic heterocycles. The molecule has 2 atom stereocenters.